The molecule has 1 atom stereocenters. The molecule has 1 heterocycles. The lowest BCUT2D eigenvalue weighted by atomic mass is 9.88. The zero-order valence-electron chi connectivity index (χ0n) is 9.12. The number of nitrogens with zero attached hydrogens (tertiary/aromatic N) is 2. The first-order chi connectivity index (χ1) is 6.77. The van der Waals surface area contributed by atoms with Crippen molar-refractivity contribution in [2.45, 2.75) is 33.1 Å². The number of aromatic nitrogens is 2. The average Bonchev–Trinajstić information content (AvgIpc) is 2.21. The molecule has 3 heteroatoms. The van der Waals surface area contributed by atoms with Crippen LogP contribution in [0.3, 0.4) is 0 Å². The summed E-state index contributed by atoms with van der Waals surface area (Å²) in [5.74, 6) is 0.798. The predicted molar refractivity (Wildman–Crippen MR) is 62.9 cm³/mol. The van der Waals surface area contributed by atoms with E-state index in [1.54, 1.807) is 12.6 Å². The van der Waals surface area contributed by atoms with Crippen molar-refractivity contribution in [1.82, 2.24) is 9.97 Å². The summed E-state index contributed by atoms with van der Waals surface area (Å²) in [5.41, 5.74) is 3.85. The maximum absolute atomic E-state index is 4.32. The lowest BCUT2D eigenvalue weighted by Gasteiger charge is -2.20. The number of thiol groups is 1. The Morgan fingerprint density at radius 1 is 1.36 bits per heavy atom. The summed E-state index contributed by atoms with van der Waals surface area (Å²) in [6.07, 6.45) is 6.98. The molecule has 1 aliphatic rings. The summed E-state index contributed by atoms with van der Waals surface area (Å²) < 4.78 is 0. The first-order valence-corrected chi connectivity index (χ1v) is 5.91. The van der Waals surface area contributed by atoms with Crippen molar-refractivity contribution in [2.24, 2.45) is 5.92 Å². The molecule has 78 valence electrons. The van der Waals surface area contributed by atoms with E-state index in [0.717, 1.165) is 12.3 Å². The Bertz CT molecular complexity index is 299. The van der Waals surface area contributed by atoms with E-state index in [-0.39, 0.29) is 0 Å². The van der Waals surface area contributed by atoms with Crippen molar-refractivity contribution in [3.05, 3.63) is 23.3 Å². The highest BCUT2D eigenvalue weighted by atomic mass is 32.1. The number of rotatable bonds is 0. The van der Waals surface area contributed by atoms with Gasteiger partial charge in [0.2, 0.25) is 0 Å². The Hall–Kier alpha value is -0.570. The van der Waals surface area contributed by atoms with Crippen LogP contribution >= 0.6 is 12.6 Å². The quantitative estimate of drug-likeness (QED) is 0.666. The van der Waals surface area contributed by atoms with Crippen LogP contribution in [0.1, 0.15) is 30.3 Å². The molecule has 0 saturated carbocycles. The topological polar surface area (TPSA) is 25.8 Å². The molecule has 14 heavy (non-hydrogen) atoms. The molecule has 2 rings (SSSR count). The number of aryl methyl sites for hydroxylation is 1. The van der Waals surface area contributed by atoms with E-state index >= 15 is 0 Å². The molecule has 0 bridgehead atoms. The fourth-order valence-corrected chi connectivity index (χ4v) is 1.87. The first-order valence-electron chi connectivity index (χ1n) is 5.01. The lowest BCUT2D eigenvalue weighted by Crippen LogP contribution is -2.14. The van der Waals surface area contributed by atoms with Crippen LogP contribution in [-0.4, -0.2) is 16.2 Å². The molecule has 1 aliphatic carbocycles. The highest BCUT2D eigenvalue weighted by Gasteiger charge is 2.17. The summed E-state index contributed by atoms with van der Waals surface area (Å²) in [4.78, 5) is 8.53. The fraction of sp³-hybridized carbons (Fsp3) is 0.636. The first kappa shape index (κ1) is 11.5. The average molecular weight is 210 g/mol. The van der Waals surface area contributed by atoms with Crippen molar-refractivity contribution in [3.63, 3.8) is 0 Å². The number of hydrogen-bond acceptors (Lipinski definition) is 3. The van der Waals surface area contributed by atoms with Crippen LogP contribution in [0.25, 0.3) is 0 Å². The largest absolute Gasteiger partial charge is 0.241 e. The van der Waals surface area contributed by atoms with Crippen LogP contribution in [0.15, 0.2) is 6.33 Å². The summed E-state index contributed by atoms with van der Waals surface area (Å²) in [6.45, 7) is 4.37. The SMILES string of the molecule is CS.Cc1ncnc2c1CCC(C)C2. The molecule has 0 saturated heterocycles. The van der Waals surface area contributed by atoms with Crippen molar-refractivity contribution < 1.29 is 0 Å². The van der Waals surface area contributed by atoms with E-state index in [1.165, 1.54) is 29.8 Å². The van der Waals surface area contributed by atoms with E-state index in [1.807, 2.05) is 0 Å². The van der Waals surface area contributed by atoms with Crippen LogP contribution in [0.2, 0.25) is 0 Å². The predicted octanol–water partition coefficient (Wildman–Crippen LogP) is 2.46. The van der Waals surface area contributed by atoms with Gasteiger partial charge in [0.25, 0.3) is 0 Å². The molecule has 0 fully saturated rings. The molecule has 0 spiro atoms. The fourth-order valence-electron chi connectivity index (χ4n) is 1.87. The van der Waals surface area contributed by atoms with Gasteiger partial charge < -0.3 is 0 Å². The van der Waals surface area contributed by atoms with E-state index in [9.17, 15) is 0 Å². The van der Waals surface area contributed by atoms with Crippen molar-refractivity contribution in [2.75, 3.05) is 6.26 Å². The van der Waals surface area contributed by atoms with Gasteiger partial charge in [-0.1, -0.05) is 6.92 Å². The Morgan fingerprint density at radius 2 is 2.07 bits per heavy atom. The maximum Gasteiger partial charge on any atom is 0.115 e. The van der Waals surface area contributed by atoms with Crippen LogP contribution < -0.4 is 0 Å². The van der Waals surface area contributed by atoms with Crippen LogP contribution in [0, 0.1) is 12.8 Å². The molecule has 0 radical (unpaired) electrons. The molecule has 0 amide bonds. The highest BCUT2D eigenvalue weighted by molar-refractivity contribution is 7.79. The number of fused-ring (bicyclic) bond motifs is 1. The van der Waals surface area contributed by atoms with Crippen molar-refractivity contribution >= 4 is 12.6 Å². The molecule has 0 N–H and O–H groups in total. The van der Waals surface area contributed by atoms with Gasteiger partial charge in [-0.15, -0.1) is 0 Å². The van der Waals surface area contributed by atoms with Gasteiger partial charge in [0, 0.05) is 11.4 Å². The smallest absolute Gasteiger partial charge is 0.115 e. The molecule has 0 aliphatic heterocycles. The van der Waals surface area contributed by atoms with E-state index < -0.39 is 0 Å². The third kappa shape index (κ3) is 2.47. The monoisotopic (exact) mass is 210 g/mol. The van der Waals surface area contributed by atoms with Gasteiger partial charge >= 0.3 is 0 Å². The highest BCUT2D eigenvalue weighted by Crippen LogP contribution is 2.24. The van der Waals surface area contributed by atoms with Gasteiger partial charge in [-0.05, 0) is 43.9 Å². The Labute approximate surface area is 91.6 Å². The molecule has 1 unspecified atom stereocenters. The van der Waals surface area contributed by atoms with Crippen molar-refractivity contribution in [3.8, 4) is 0 Å². The number of hydrogen-bond donors (Lipinski definition) is 1. The summed E-state index contributed by atoms with van der Waals surface area (Å²) in [7, 11) is 0. The maximum atomic E-state index is 4.32. The summed E-state index contributed by atoms with van der Waals surface area (Å²) in [6, 6.07) is 0. The van der Waals surface area contributed by atoms with Gasteiger partial charge in [0.15, 0.2) is 0 Å². The molecule has 1 aromatic heterocycles. The molecule has 2 nitrogen and oxygen atoms in total. The Kier molecular flexibility index (Phi) is 4.39. The van der Waals surface area contributed by atoms with Crippen LogP contribution in [0.5, 0.6) is 0 Å². The van der Waals surface area contributed by atoms with Gasteiger partial charge in [0.1, 0.15) is 6.33 Å². The lowest BCUT2D eigenvalue weighted by molar-refractivity contribution is 0.488. The van der Waals surface area contributed by atoms with Gasteiger partial charge in [0.05, 0.1) is 0 Å². The normalized spacial score (nSPS) is 19.3. The Morgan fingerprint density at radius 3 is 2.79 bits per heavy atom. The van der Waals surface area contributed by atoms with E-state index in [4.69, 9.17) is 0 Å². The second-order valence-electron chi connectivity index (χ2n) is 3.73. The van der Waals surface area contributed by atoms with E-state index in [2.05, 4.69) is 36.4 Å². The van der Waals surface area contributed by atoms with Crippen LogP contribution in [-0.2, 0) is 12.8 Å². The second kappa shape index (κ2) is 5.35. The molecule has 1 aromatic rings. The Balaban J connectivity index is 0.000000461. The minimum Gasteiger partial charge on any atom is -0.241 e. The molecule has 0 aromatic carbocycles. The minimum absolute atomic E-state index is 0.798. The molecular weight excluding hydrogens is 192 g/mol. The van der Waals surface area contributed by atoms with Gasteiger partial charge in [-0.3, -0.25) is 0 Å². The zero-order chi connectivity index (χ0) is 10.6. The van der Waals surface area contributed by atoms with Gasteiger partial charge in [-0.2, -0.15) is 12.6 Å². The summed E-state index contributed by atoms with van der Waals surface area (Å²) >= 11 is 3.53. The molecular formula is C11H18N2S. The van der Waals surface area contributed by atoms with Crippen LogP contribution in [0.4, 0.5) is 0 Å². The van der Waals surface area contributed by atoms with Crippen molar-refractivity contribution in [1.29, 1.82) is 0 Å². The van der Waals surface area contributed by atoms with Gasteiger partial charge in [-0.25, -0.2) is 9.97 Å². The second-order valence-corrected chi connectivity index (χ2v) is 3.73. The minimum atomic E-state index is 0.798. The third-order valence-corrected chi connectivity index (χ3v) is 2.68. The third-order valence-electron chi connectivity index (χ3n) is 2.68. The summed E-state index contributed by atoms with van der Waals surface area (Å²) in [5, 5.41) is 0. The zero-order valence-corrected chi connectivity index (χ0v) is 10.0. The standard InChI is InChI=1S/C10H14N2.CH4S/c1-7-3-4-9-8(2)11-6-12-10(9)5-7;1-2/h6-7H,3-5H2,1-2H3;2H,1H3. The van der Waals surface area contributed by atoms with E-state index in [0.29, 0.717) is 0 Å².